The van der Waals surface area contributed by atoms with E-state index in [-0.39, 0.29) is 6.10 Å². The zero-order valence-electron chi connectivity index (χ0n) is 15.4. The summed E-state index contributed by atoms with van der Waals surface area (Å²) in [5, 5.41) is 0.766. The first-order valence-corrected chi connectivity index (χ1v) is 9.57. The molecule has 5 nitrogen and oxygen atoms in total. The molecule has 0 spiro atoms. The van der Waals surface area contributed by atoms with E-state index >= 15 is 0 Å². The molecule has 1 aliphatic rings. The number of rotatable bonds is 5. The maximum absolute atomic E-state index is 6.12. The summed E-state index contributed by atoms with van der Waals surface area (Å²) in [5.74, 6) is 0.981. The van der Waals surface area contributed by atoms with Crippen LogP contribution >= 0.6 is 11.6 Å². The Morgan fingerprint density at radius 3 is 3.00 bits per heavy atom. The van der Waals surface area contributed by atoms with Gasteiger partial charge < -0.3 is 9.72 Å². The third-order valence-corrected chi connectivity index (χ3v) is 4.97. The molecule has 0 radical (unpaired) electrons. The number of morpholine rings is 1. The Hall–Kier alpha value is -2.21. The van der Waals surface area contributed by atoms with Gasteiger partial charge in [0.1, 0.15) is 11.9 Å². The van der Waals surface area contributed by atoms with Crippen molar-refractivity contribution in [1.29, 1.82) is 0 Å². The normalized spacial score (nSPS) is 17.9. The van der Waals surface area contributed by atoms with E-state index in [0.29, 0.717) is 6.61 Å². The van der Waals surface area contributed by atoms with E-state index in [2.05, 4.69) is 33.1 Å². The molecule has 1 atom stereocenters. The SMILES string of the molecule is Cc1cc(Cc2cccc(Cl)c2)cc([C@@H]2CN(Cc3ncc[nH]3)CCO2)n1. The fourth-order valence-corrected chi connectivity index (χ4v) is 3.75. The number of aryl methyl sites for hydroxylation is 1. The smallest absolute Gasteiger partial charge is 0.120 e. The van der Waals surface area contributed by atoms with E-state index in [1.54, 1.807) is 6.20 Å². The average molecular weight is 383 g/mol. The lowest BCUT2D eigenvalue weighted by Crippen LogP contribution is -2.38. The molecule has 2 aromatic heterocycles. The van der Waals surface area contributed by atoms with Gasteiger partial charge in [0.15, 0.2) is 0 Å². The van der Waals surface area contributed by atoms with Crippen LogP contribution in [0.2, 0.25) is 5.02 Å². The van der Waals surface area contributed by atoms with Crippen molar-refractivity contribution in [1.82, 2.24) is 19.9 Å². The molecular weight excluding hydrogens is 360 g/mol. The Bertz CT molecular complexity index is 897. The molecular formula is C21H23ClN4O. The van der Waals surface area contributed by atoms with Crippen LogP contribution in [0, 0.1) is 6.92 Å². The van der Waals surface area contributed by atoms with Crippen LogP contribution in [0.4, 0.5) is 0 Å². The van der Waals surface area contributed by atoms with Crippen molar-refractivity contribution in [2.24, 2.45) is 0 Å². The summed E-state index contributed by atoms with van der Waals surface area (Å²) < 4.78 is 6.04. The summed E-state index contributed by atoms with van der Waals surface area (Å²) in [4.78, 5) is 14.6. The largest absolute Gasteiger partial charge is 0.369 e. The summed E-state index contributed by atoms with van der Waals surface area (Å²) in [6.45, 7) is 5.25. The average Bonchev–Trinajstić information content (AvgIpc) is 3.14. The molecule has 27 heavy (non-hydrogen) atoms. The number of nitrogens with zero attached hydrogens (tertiary/aromatic N) is 3. The Kier molecular flexibility index (Phi) is 5.53. The standard InChI is InChI=1S/C21H23ClN4O/c1-15-9-17(10-16-3-2-4-18(22)11-16)12-19(25-15)20-13-26(7-8-27-20)14-21-23-5-6-24-21/h2-6,9,11-12,20H,7-8,10,13-14H2,1H3,(H,23,24)/t20-/m0/s1. The minimum absolute atomic E-state index is 0.0216. The van der Waals surface area contributed by atoms with Gasteiger partial charge in [-0.1, -0.05) is 23.7 Å². The van der Waals surface area contributed by atoms with Gasteiger partial charge in [-0.25, -0.2) is 4.98 Å². The van der Waals surface area contributed by atoms with Crippen molar-refractivity contribution >= 4 is 11.6 Å². The molecule has 1 N–H and O–H groups in total. The quantitative estimate of drug-likeness (QED) is 0.726. The molecule has 3 aromatic rings. The predicted molar refractivity (Wildman–Crippen MR) is 106 cm³/mol. The first-order chi connectivity index (χ1) is 13.2. The maximum Gasteiger partial charge on any atom is 0.120 e. The zero-order valence-corrected chi connectivity index (χ0v) is 16.1. The van der Waals surface area contributed by atoms with Crippen molar-refractivity contribution < 1.29 is 4.74 Å². The molecule has 0 bridgehead atoms. The van der Waals surface area contributed by atoms with E-state index < -0.39 is 0 Å². The lowest BCUT2D eigenvalue weighted by Gasteiger charge is -2.32. The number of H-pyrrole nitrogens is 1. The highest BCUT2D eigenvalue weighted by atomic mass is 35.5. The van der Waals surface area contributed by atoms with Gasteiger partial charge in [-0.05, 0) is 48.7 Å². The van der Waals surface area contributed by atoms with Crippen LogP contribution in [0.25, 0.3) is 0 Å². The molecule has 0 amide bonds. The number of pyridine rings is 1. The fraction of sp³-hybridized carbons (Fsp3) is 0.333. The molecule has 0 saturated carbocycles. The number of ether oxygens (including phenoxy) is 1. The van der Waals surface area contributed by atoms with Crippen molar-refractivity contribution in [2.75, 3.05) is 19.7 Å². The van der Waals surface area contributed by atoms with E-state index in [1.165, 1.54) is 11.1 Å². The zero-order chi connectivity index (χ0) is 18.6. The Labute approximate surface area is 164 Å². The molecule has 0 unspecified atom stereocenters. The lowest BCUT2D eigenvalue weighted by molar-refractivity contribution is -0.0357. The van der Waals surface area contributed by atoms with Gasteiger partial charge in [0.2, 0.25) is 0 Å². The van der Waals surface area contributed by atoms with Crippen molar-refractivity contribution in [3.8, 4) is 0 Å². The van der Waals surface area contributed by atoms with Crippen LogP contribution in [-0.4, -0.2) is 39.5 Å². The van der Waals surface area contributed by atoms with Gasteiger partial charge in [0, 0.05) is 36.2 Å². The van der Waals surface area contributed by atoms with E-state index in [0.717, 1.165) is 48.3 Å². The Morgan fingerprint density at radius 1 is 1.26 bits per heavy atom. The monoisotopic (exact) mass is 382 g/mol. The van der Waals surface area contributed by atoms with Gasteiger partial charge in [0.25, 0.3) is 0 Å². The second-order valence-corrected chi connectivity index (χ2v) is 7.42. The molecule has 1 fully saturated rings. The first kappa shape index (κ1) is 18.2. The number of hydrogen-bond donors (Lipinski definition) is 1. The Balaban J connectivity index is 1.50. The van der Waals surface area contributed by atoms with Crippen molar-refractivity contribution in [3.05, 3.63) is 82.2 Å². The highest BCUT2D eigenvalue weighted by Gasteiger charge is 2.24. The van der Waals surface area contributed by atoms with Crippen molar-refractivity contribution in [2.45, 2.75) is 26.0 Å². The molecule has 3 heterocycles. The van der Waals surface area contributed by atoms with Crippen LogP contribution in [-0.2, 0) is 17.7 Å². The number of nitrogens with one attached hydrogen (secondary N) is 1. The number of hydrogen-bond acceptors (Lipinski definition) is 4. The molecule has 6 heteroatoms. The summed E-state index contributed by atoms with van der Waals surface area (Å²) in [5.41, 5.74) is 4.43. The highest BCUT2D eigenvalue weighted by molar-refractivity contribution is 6.30. The summed E-state index contributed by atoms with van der Waals surface area (Å²) in [6, 6.07) is 12.3. The van der Waals surface area contributed by atoms with E-state index in [1.807, 2.05) is 31.3 Å². The third kappa shape index (κ3) is 4.75. The molecule has 1 aromatic carbocycles. The second-order valence-electron chi connectivity index (χ2n) is 6.98. The minimum Gasteiger partial charge on any atom is -0.369 e. The van der Waals surface area contributed by atoms with Crippen LogP contribution in [0.5, 0.6) is 0 Å². The summed E-state index contributed by atoms with van der Waals surface area (Å²) in [7, 11) is 0. The summed E-state index contributed by atoms with van der Waals surface area (Å²) >= 11 is 6.12. The van der Waals surface area contributed by atoms with Crippen LogP contribution in [0.15, 0.2) is 48.8 Å². The van der Waals surface area contributed by atoms with E-state index in [9.17, 15) is 0 Å². The number of aromatic nitrogens is 3. The predicted octanol–water partition coefficient (Wildman–Crippen LogP) is 3.93. The molecule has 4 rings (SSSR count). The number of benzene rings is 1. The third-order valence-electron chi connectivity index (χ3n) is 4.74. The van der Waals surface area contributed by atoms with Gasteiger partial charge in [0.05, 0.1) is 18.8 Å². The molecule has 140 valence electrons. The van der Waals surface area contributed by atoms with Crippen LogP contribution in [0.3, 0.4) is 0 Å². The summed E-state index contributed by atoms with van der Waals surface area (Å²) in [6.07, 6.45) is 4.46. The molecule has 0 aliphatic carbocycles. The van der Waals surface area contributed by atoms with Crippen LogP contribution < -0.4 is 0 Å². The fourth-order valence-electron chi connectivity index (χ4n) is 3.54. The number of imidazole rings is 1. The minimum atomic E-state index is -0.0216. The number of halogens is 1. The van der Waals surface area contributed by atoms with Gasteiger partial charge >= 0.3 is 0 Å². The maximum atomic E-state index is 6.12. The second kappa shape index (κ2) is 8.21. The lowest BCUT2D eigenvalue weighted by atomic mass is 10.0. The molecule has 1 aliphatic heterocycles. The van der Waals surface area contributed by atoms with Crippen molar-refractivity contribution in [3.63, 3.8) is 0 Å². The van der Waals surface area contributed by atoms with Gasteiger partial charge in [-0.3, -0.25) is 9.88 Å². The Morgan fingerprint density at radius 2 is 2.19 bits per heavy atom. The first-order valence-electron chi connectivity index (χ1n) is 9.20. The topological polar surface area (TPSA) is 54.0 Å². The van der Waals surface area contributed by atoms with Gasteiger partial charge in [-0.2, -0.15) is 0 Å². The highest BCUT2D eigenvalue weighted by Crippen LogP contribution is 2.24. The van der Waals surface area contributed by atoms with Crippen LogP contribution in [0.1, 0.15) is 34.4 Å². The number of aromatic amines is 1. The molecule has 1 saturated heterocycles. The van der Waals surface area contributed by atoms with E-state index in [4.69, 9.17) is 21.3 Å². The van der Waals surface area contributed by atoms with Gasteiger partial charge in [-0.15, -0.1) is 0 Å².